The molecule has 0 bridgehead atoms. The molecule has 4 rings (SSSR count). The molecule has 0 unspecified atom stereocenters. The van der Waals surface area contributed by atoms with Crippen molar-refractivity contribution in [2.45, 2.75) is 24.6 Å². The minimum Gasteiger partial charge on any atom is -0.494 e. The van der Waals surface area contributed by atoms with Crippen molar-refractivity contribution in [1.82, 2.24) is 5.32 Å². The molecule has 2 aliphatic rings. The van der Waals surface area contributed by atoms with Gasteiger partial charge in [0.2, 0.25) is 0 Å². The molecule has 1 saturated heterocycles. The molecule has 1 amide bonds. The van der Waals surface area contributed by atoms with E-state index in [1.165, 1.54) is 11.8 Å². The summed E-state index contributed by atoms with van der Waals surface area (Å²) in [5, 5.41) is 6.90. The summed E-state index contributed by atoms with van der Waals surface area (Å²) in [6.07, 6.45) is 0.743. The Morgan fingerprint density at radius 3 is 2.55 bits per heavy atom. The Morgan fingerprint density at radius 1 is 1.13 bits per heavy atom. The summed E-state index contributed by atoms with van der Waals surface area (Å²) in [4.78, 5) is 16.9. The van der Waals surface area contributed by atoms with Gasteiger partial charge in [0, 0.05) is 23.0 Å². The van der Waals surface area contributed by atoms with Crippen LogP contribution in [0.4, 0.5) is 5.69 Å². The second-order valence-electron chi connectivity index (χ2n) is 7.52. The van der Waals surface area contributed by atoms with Crippen LogP contribution in [0.2, 0.25) is 0 Å². The summed E-state index contributed by atoms with van der Waals surface area (Å²) in [6.45, 7) is 3.14. The van der Waals surface area contributed by atoms with Gasteiger partial charge in [0.1, 0.15) is 5.75 Å². The SMILES string of the molecule is CCOc1ccc(CCNC(=O)c2ccc(NC3=N[C@H]4CS(=O)(=O)C[C@@H]4S3)cc2)cc1. The van der Waals surface area contributed by atoms with Gasteiger partial charge in [-0.25, -0.2) is 8.42 Å². The molecule has 2 heterocycles. The number of amidine groups is 1. The molecule has 2 aliphatic heterocycles. The fraction of sp³-hybridized carbons (Fsp3) is 0.364. The van der Waals surface area contributed by atoms with E-state index < -0.39 is 9.84 Å². The van der Waals surface area contributed by atoms with E-state index in [2.05, 4.69) is 15.6 Å². The number of hydrogen-bond donors (Lipinski definition) is 2. The maximum absolute atomic E-state index is 12.4. The summed E-state index contributed by atoms with van der Waals surface area (Å²) in [6, 6.07) is 14.9. The second kappa shape index (κ2) is 9.32. The number of carbonyl (C=O) groups excluding carboxylic acids is 1. The number of sulfone groups is 1. The van der Waals surface area contributed by atoms with Gasteiger partial charge >= 0.3 is 0 Å². The highest BCUT2D eigenvalue weighted by Crippen LogP contribution is 2.34. The zero-order valence-corrected chi connectivity index (χ0v) is 18.8. The number of fused-ring (bicyclic) bond motifs is 1. The Kier molecular flexibility index (Phi) is 6.52. The Balaban J connectivity index is 1.25. The number of benzene rings is 2. The number of nitrogens with zero attached hydrogens (tertiary/aromatic N) is 1. The standard InChI is InChI=1S/C22H25N3O4S2/c1-2-29-18-9-3-15(4-10-18)11-12-23-21(26)16-5-7-17(8-6-16)24-22-25-19-13-31(27,28)14-20(19)30-22/h3-10,19-20H,2,11-14H2,1H3,(H,23,26)(H,24,25)/t19-,20-/m0/s1. The van der Waals surface area contributed by atoms with E-state index in [1.54, 1.807) is 12.1 Å². The van der Waals surface area contributed by atoms with E-state index in [4.69, 9.17) is 4.74 Å². The molecule has 1 fully saturated rings. The first-order valence-corrected chi connectivity index (χ1v) is 12.9. The fourth-order valence-corrected chi connectivity index (χ4v) is 7.26. The molecule has 2 aromatic carbocycles. The van der Waals surface area contributed by atoms with Crippen LogP contribution in [0.15, 0.2) is 53.5 Å². The van der Waals surface area contributed by atoms with Gasteiger partial charge in [0.15, 0.2) is 15.0 Å². The molecule has 9 heteroatoms. The predicted molar refractivity (Wildman–Crippen MR) is 125 cm³/mol. The summed E-state index contributed by atoms with van der Waals surface area (Å²) < 4.78 is 28.7. The Morgan fingerprint density at radius 2 is 1.87 bits per heavy atom. The summed E-state index contributed by atoms with van der Waals surface area (Å²) in [5.41, 5.74) is 2.54. The number of rotatable bonds is 7. The van der Waals surface area contributed by atoms with Crippen LogP contribution < -0.4 is 15.4 Å². The van der Waals surface area contributed by atoms with Crippen molar-refractivity contribution in [3.8, 4) is 5.75 Å². The maximum atomic E-state index is 12.4. The third kappa shape index (κ3) is 5.59. The lowest BCUT2D eigenvalue weighted by Gasteiger charge is -2.09. The summed E-state index contributed by atoms with van der Waals surface area (Å²) in [7, 11) is -2.95. The van der Waals surface area contributed by atoms with Gasteiger partial charge in [-0.05, 0) is 55.3 Å². The number of nitrogens with one attached hydrogen (secondary N) is 2. The van der Waals surface area contributed by atoms with Crippen molar-refractivity contribution < 1.29 is 17.9 Å². The van der Waals surface area contributed by atoms with E-state index in [0.29, 0.717) is 18.7 Å². The molecule has 0 aliphatic carbocycles. The molecular formula is C22H25N3O4S2. The summed E-state index contributed by atoms with van der Waals surface area (Å²) >= 11 is 1.47. The van der Waals surface area contributed by atoms with E-state index in [9.17, 15) is 13.2 Å². The normalized spacial score (nSPS) is 21.3. The molecule has 0 aromatic heterocycles. The van der Waals surface area contributed by atoms with Crippen molar-refractivity contribution in [3.63, 3.8) is 0 Å². The topological polar surface area (TPSA) is 96.9 Å². The van der Waals surface area contributed by atoms with Gasteiger partial charge in [-0.1, -0.05) is 23.9 Å². The van der Waals surface area contributed by atoms with Crippen molar-refractivity contribution >= 4 is 38.4 Å². The van der Waals surface area contributed by atoms with Crippen molar-refractivity contribution in [3.05, 3.63) is 59.7 Å². The first-order valence-electron chi connectivity index (χ1n) is 10.2. The fourth-order valence-electron chi connectivity index (χ4n) is 3.59. The van der Waals surface area contributed by atoms with Crippen LogP contribution in [0.5, 0.6) is 5.75 Å². The highest BCUT2D eigenvalue weighted by Gasteiger charge is 2.42. The average Bonchev–Trinajstić information content (AvgIpc) is 3.22. The largest absolute Gasteiger partial charge is 0.494 e. The maximum Gasteiger partial charge on any atom is 0.251 e. The molecule has 0 saturated carbocycles. The van der Waals surface area contributed by atoms with E-state index in [1.807, 2.05) is 43.3 Å². The molecule has 31 heavy (non-hydrogen) atoms. The van der Waals surface area contributed by atoms with Crippen LogP contribution >= 0.6 is 11.8 Å². The number of anilines is 1. The van der Waals surface area contributed by atoms with Crippen molar-refractivity contribution in [2.75, 3.05) is 30.0 Å². The highest BCUT2D eigenvalue weighted by molar-refractivity contribution is 8.15. The Labute approximate surface area is 186 Å². The van der Waals surface area contributed by atoms with Gasteiger partial charge in [-0.2, -0.15) is 0 Å². The third-order valence-electron chi connectivity index (χ3n) is 5.15. The lowest BCUT2D eigenvalue weighted by atomic mass is 10.1. The van der Waals surface area contributed by atoms with E-state index in [-0.39, 0.29) is 28.7 Å². The quantitative estimate of drug-likeness (QED) is 0.661. The monoisotopic (exact) mass is 459 g/mol. The second-order valence-corrected chi connectivity index (χ2v) is 10.9. The van der Waals surface area contributed by atoms with Crippen LogP contribution in [0.1, 0.15) is 22.8 Å². The van der Waals surface area contributed by atoms with Gasteiger partial charge < -0.3 is 15.4 Å². The number of aliphatic imine (C=N–C) groups is 1. The Hall–Kier alpha value is -2.52. The highest BCUT2D eigenvalue weighted by atomic mass is 32.2. The minimum absolute atomic E-state index is 0.00734. The number of amides is 1. The smallest absolute Gasteiger partial charge is 0.251 e. The van der Waals surface area contributed by atoms with Crippen molar-refractivity contribution in [1.29, 1.82) is 0 Å². The number of hydrogen-bond acceptors (Lipinski definition) is 7. The lowest BCUT2D eigenvalue weighted by molar-refractivity contribution is 0.0954. The first kappa shape index (κ1) is 21.7. The van der Waals surface area contributed by atoms with Crippen LogP contribution in [0.3, 0.4) is 0 Å². The molecule has 0 spiro atoms. The van der Waals surface area contributed by atoms with Crippen LogP contribution in [0.25, 0.3) is 0 Å². The van der Waals surface area contributed by atoms with Crippen molar-refractivity contribution in [2.24, 2.45) is 4.99 Å². The van der Waals surface area contributed by atoms with Crippen LogP contribution in [-0.2, 0) is 16.3 Å². The number of thioether (sulfide) groups is 1. The van der Waals surface area contributed by atoms with Gasteiger partial charge in [-0.15, -0.1) is 0 Å². The van der Waals surface area contributed by atoms with E-state index >= 15 is 0 Å². The summed E-state index contributed by atoms with van der Waals surface area (Å²) in [5.74, 6) is 1.04. The van der Waals surface area contributed by atoms with Crippen LogP contribution in [-0.4, -0.2) is 55.4 Å². The molecule has 2 N–H and O–H groups in total. The third-order valence-corrected chi connectivity index (χ3v) is 8.29. The van der Waals surface area contributed by atoms with E-state index in [0.717, 1.165) is 28.6 Å². The molecule has 164 valence electrons. The van der Waals surface area contributed by atoms with Gasteiger partial charge in [0.05, 0.1) is 24.2 Å². The average molecular weight is 460 g/mol. The minimum atomic E-state index is -2.95. The lowest BCUT2D eigenvalue weighted by Crippen LogP contribution is -2.25. The number of carbonyl (C=O) groups is 1. The van der Waals surface area contributed by atoms with Gasteiger partial charge in [0.25, 0.3) is 5.91 Å². The first-order chi connectivity index (χ1) is 14.9. The zero-order valence-electron chi connectivity index (χ0n) is 17.2. The molecule has 2 aromatic rings. The number of ether oxygens (including phenoxy) is 1. The molecule has 0 radical (unpaired) electrons. The van der Waals surface area contributed by atoms with Crippen LogP contribution in [0, 0.1) is 0 Å². The molecule has 7 nitrogen and oxygen atoms in total. The predicted octanol–water partition coefficient (Wildman–Crippen LogP) is 2.74. The van der Waals surface area contributed by atoms with Gasteiger partial charge in [-0.3, -0.25) is 9.79 Å². The Bertz CT molecular complexity index is 1070. The molecule has 2 atom stereocenters. The molecular weight excluding hydrogens is 434 g/mol. The zero-order chi connectivity index (χ0) is 21.8.